The predicted molar refractivity (Wildman–Crippen MR) is 145 cm³/mol. The highest BCUT2D eigenvalue weighted by Gasteiger charge is 2.32. The van der Waals surface area contributed by atoms with E-state index in [9.17, 15) is 5.26 Å². The van der Waals surface area contributed by atoms with Gasteiger partial charge < -0.3 is 9.30 Å². The minimum Gasteiger partial charge on any atom is -0.492 e. The molecule has 2 aromatic heterocycles. The van der Waals surface area contributed by atoms with E-state index in [2.05, 4.69) is 61.9 Å². The van der Waals surface area contributed by atoms with Crippen LogP contribution in [-0.4, -0.2) is 17.4 Å². The molecule has 0 radical (unpaired) electrons. The van der Waals surface area contributed by atoms with Gasteiger partial charge in [-0.3, -0.25) is 0 Å². The highest BCUT2D eigenvalue weighted by atomic mass is 32.1. The fourth-order valence-electron chi connectivity index (χ4n) is 4.99. The van der Waals surface area contributed by atoms with Crippen molar-refractivity contribution < 1.29 is 4.74 Å². The Labute approximate surface area is 211 Å². The number of aliphatic imine (C=N–C) groups is 1. The van der Waals surface area contributed by atoms with Crippen LogP contribution in [0.25, 0.3) is 10.9 Å². The summed E-state index contributed by atoms with van der Waals surface area (Å²) in [6.07, 6.45) is 7.24. The van der Waals surface area contributed by atoms with Gasteiger partial charge in [0.15, 0.2) is 0 Å². The van der Waals surface area contributed by atoms with E-state index in [1.807, 2.05) is 36.5 Å². The molecule has 5 heteroatoms. The van der Waals surface area contributed by atoms with E-state index in [1.165, 1.54) is 10.4 Å². The predicted octanol–water partition coefficient (Wildman–Crippen LogP) is 7.56. The van der Waals surface area contributed by atoms with Crippen molar-refractivity contribution in [3.63, 3.8) is 0 Å². The van der Waals surface area contributed by atoms with Crippen LogP contribution >= 0.6 is 11.3 Å². The first kappa shape index (κ1) is 23.4. The average molecular weight is 482 g/mol. The first-order chi connectivity index (χ1) is 16.9. The monoisotopic (exact) mass is 481 g/mol. The summed E-state index contributed by atoms with van der Waals surface area (Å²) in [6.45, 7) is 8.29. The van der Waals surface area contributed by atoms with Crippen LogP contribution in [0.2, 0.25) is 0 Å². The van der Waals surface area contributed by atoms with Gasteiger partial charge in [-0.15, -0.1) is 11.3 Å². The van der Waals surface area contributed by atoms with Crippen molar-refractivity contribution in [1.82, 2.24) is 4.57 Å². The van der Waals surface area contributed by atoms with Crippen LogP contribution in [0.1, 0.15) is 48.8 Å². The molecule has 1 aliphatic rings. The van der Waals surface area contributed by atoms with Gasteiger partial charge >= 0.3 is 0 Å². The topological polar surface area (TPSA) is 50.3 Å². The third-order valence-corrected chi connectivity index (χ3v) is 8.23. The van der Waals surface area contributed by atoms with Gasteiger partial charge in [-0.05, 0) is 54.4 Å². The summed E-state index contributed by atoms with van der Waals surface area (Å²) in [6, 6.07) is 20.7. The molecule has 0 saturated carbocycles. The Kier molecular flexibility index (Phi) is 6.49. The number of para-hydroxylation sites is 2. The summed E-state index contributed by atoms with van der Waals surface area (Å²) in [4.78, 5) is 6.20. The summed E-state index contributed by atoms with van der Waals surface area (Å²) >= 11 is 1.70. The van der Waals surface area contributed by atoms with Crippen molar-refractivity contribution in [1.29, 1.82) is 5.26 Å². The van der Waals surface area contributed by atoms with Crippen molar-refractivity contribution in [2.75, 3.05) is 6.61 Å². The molecule has 0 unspecified atom stereocenters. The lowest BCUT2D eigenvalue weighted by atomic mass is 9.72. The van der Waals surface area contributed by atoms with E-state index in [0.717, 1.165) is 58.6 Å². The van der Waals surface area contributed by atoms with Crippen molar-refractivity contribution in [3.8, 4) is 11.8 Å². The zero-order chi connectivity index (χ0) is 24.4. The van der Waals surface area contributed by atoms with Crippen LogP contribution in [0.4, 0.5) is 5.00 Å². The molecule has 0 amide bonds. The molecule has 35 heavy (non-hydrogen) atoms. The number of fused-ring (bicyclic) bond motifs is 2. The van der Waals surface area contributed by atoms with E-state index < -0.39 is 0 Å². The molecule has 4 aromatic rings. The van der Waals surface area contributed by atoms with Gasteiger partial charge in [-0.1, -0.05) is 57.2 Å². The summed E-state index contributed by atoms with van der Waals surface area (Å²) in [5.41, 5.74) is 4.50. The number of aromatic nitrogens is 1. The molecule has 0 saturated heterocycles. The number of nitriles is 1. The Morgan fingerprint density at radius 1 is 1.14 bits per heavy atom. The van der Waals surface area contributed by atoms with Crippen LogP contribution in [0, 0.1) is 22.7 Å². The second-order valence-electron chi connectivity index (χ2n) is 10.3. The standard InChI is InChI=1S/C30H31N3OS/c1-30(2,3)22-13-14-25-26(18-31)29(35-28(25)17-22)32-19-21-20-33(27-12-8-7-11-24(21)27)15-16-34-23-9-5-4-6-10-23/h4-12,19-20,22H,13-17H2,1-3H3/t22-/m1/s1. The van der Waals surface area contributed by atoms with E-state index >= 15 is 0 Å². The normalized spacial score (nSPS) is 15.9. The van der Waals surface area contributed by atoms with Crippen molar-refractivity contribution in [3.05, 3.63) is 82.4 Å². The van der Waals surface area contributed by atoms with Gasteiger partial charge in [0.25, 0.3) is 0 Å². The van der Waals surface area contributed by atoms with Crippen molar-refractivity contribution in [2.24, 2.45) is 16.3 Å². The number of benzene rings is 2. The molecule has 2 heterocycles. The maximum absolute atomic E-state index is 9.92. The number of ether oxygens (including phenoxy) is 1. The minimum atomic E-state index is 0.282. The van der Waals surface area contributed by atoms with Gasteiger partial charge in [-0.2, -0.15) is 5.26 Å². The molecular weight excluding hydrogens is 450 g/mol. The number of thiophene rings is 1. The Bertz CT molecular complexity index is 1400. The molecule has 4 nitrogen and oxygen atoms in total. The highest BCUT2D eigenvalue weighted by molar-refractivity contribution is 7.16. The maximum Gasteiger partial charge on any atom is 0.134 e. The van der Waals surface area contributed by atoms with Crippen LogP contribution in [0.15, 0.2) is 65.8 Å². The second-order valence-corrected chi connectivity index (χ2v) is 11.4. The van der Waals surface area contributed by atoms with Crippen LogP contribution < -0.4 is 4.74 Å². The summed E-state index contributed by atoms with van der Waals surface area (Å²) in [5.74, 6) is 1.53. The molecule has 1 atom stereocenters. The van der Waals surface area contributed by atoms with Crippen LogP contribution in [-0.2, 0) is 19.4 Å². The molecule has 0 fully saturated rings. The molecule has 0 N–H and O–H groups in total. The van der Waals surface area contributed by atoms with Crippen LogP contribution in [0.3, 0.4) is 0 Å². The highest BCUT2D eigenvalue weighted by Crippen LogP contribution is 2.45. The summed E-state index contributed by atoms with van der Waals surface area (Å²) < 4.78 is 8.14. The third kappa shape index (κ3) is 4.90. The molecule has 2 aromatic carbocycles. The molecule has 0 aliphatic heterocycles. The maximum atomic E-state index is 9.92. The second kappa shape index (κ2) is 9.71. The van der Waals surface area contributed by atoms with Gasteiger partial charge in [0.05, 0.1) is 12.1 Å². The molecular formula is C30H31N3OS. The largest absolute Gasteiger partial charge is 0.492 e. The molecule has 5 rings (SSSR count). The lowest BCUT2D eigenvalue weighted by Crippen LogP contribution is -2.26. The zero-order valence-corrected chi connectivity index (χ0v) is 21.4. The van der Waals surface area contributed by atoms with E-state index in [-0.39, 0.29) is 5.41 Å². The lowest BCUT2D eigenvalue weighted by Gasteiger charge is -2.33. The van der Waals surface area contributed by atoms with Crippen molar-refractivity contribution >= 4 is 33.5 Å². The van der Waals surface area contributed by atoms with E-state index in [0.29, 0.717) is 12.5 Å². The minimum absolute atomic E-state index is 0.282. The Morgan fingerprint density at radius 2 is 1.91 bits per heavy atom. The number of hydrogen-bond donors (Lipinski definition) is 0. The fraction of sp³-hybridized carbons (Fsp3) is 0.333. The number of nitrogens with zero attached hydrogens (tertiary/aromatic N) is 3. The summed E-state index contributed by atoms with van der Waals surface area (Å²) in [5, 5.41) is 11.9. The lowest BCUT2D eigenvalue weighted by molar-refractivity contribution is 0.218. The summed E-state index contributed by atoms with van der Waals surface area (Å²) in [7, 11) is 0. The van der Waals surface area contributed by atoms with Gasteiger partial charge in [0.2, 0.25) is 0 Å². The van der Waals surface area contributed by atoms with Crippen molar-refractivity contribution in [2.45, 2.75) is 46.6 Å². The van der Waals surface area contributed by atoms with E-state index in [4.69, 9.17) is 9.73 Å². The van der Waals surface area contributed by atoms with Crippen LogP contribution in [0.5, 0.6) is 5.75 Å². The number of hydrogen-bond acceptors (Lipinski definition) is 4. The first-order valence-electron chi connectivity index (χ1n) is 12.3. The molecule has 0 bridgehead atoms. The molecule has 1 aliphatic carbocycles. The quantitative estimate of drug-likeness (QED) is 0.267. The fourth-order valence-corrected chi connectivity index (χ4v) is 6.21. The zero-order valence-electron chi connectivity index (χ0n) is 20.6. The first-order valence-corrected chi connectivity index (χ1v) is 13.1. The van der Waals surface area contributed by atoms with Gasteiger partial charge in [0, 0.05) is 33.8 Å². The van der Waals surface area contributed by atoms with Gasteiger partial charge in [-0.25, -0.2) is 4.99 Å². The Morgan fingerprint density at radius 3 is 2.69 bits per heavy atom. The smallest absolute Gasteiger partial charge is 0.134 e. The third-order valence-electron chi connectivity index (χ3n) is 7.07. The number of rotatable bonds is 6. The Hall–Kier alpha value is -3.36. The van der Waals surface area contributed by atoms with Gasteiger partial charge in [0.1, 0.15) is 23.4 Å². The average Bonchev–Trinajstić information content (AvgIpc) is 3.40. The van der Waals surface area contributed by atoms with E-state index in [1.54, 1.807) is 11.3 Å². The molecule has 0 spiro atoms. The molecule has 178 valence electrons. The Balaban J connectivity index is 1.39. The SMILES string of the molecule is CC(C)(C)[C@@H]1CCc2c(sc(N=Cc3cn(CCOc4ccccc4)c4ccccc34)c2C#N)C1.